The van der Waals surface area contributed by atoms with E-state index in [0.717, 1.165) is 10.4 Å². The van der Waals surface area contributed by atoms with E-state index in [1.807, 2.05) is 0 Å². The molecular formula is C16H16BrN. The molecule has 0 heterocycles. The van der Waals surface area contributed by atoms with Crippen LogP contribution in [0.4, 0.5) is 5.69 Å². The van der Waals surface area contributed by atoms with E-state index in [4.69, 9.17) is 0 Å². The Morgan fingerprint density at radius 1 is 0.889 bits per heavy atom. The van der Waals surface area contributed by atoms with Crippen LogP contribution in [0.2, 0.25) is 0 Å². The minimum Gasteiger partial charge on any atom is -0.382 e. The molecule has 1 nitrogen and oxygen atoms in total. The first kappa shape index (κ1) is 11.8. The van der Waals surface area contributed by atoms with Crippen LogP contribution >= 0.6 is 15.9 Å². The standard InChI is InChI=1S/C16H16BrN/c17-14-6-8-15(9-7-14)18-16-10-13(11-16)12-4-2-1-3-5-12/h1-9,13,16,18H,10-11H2. The van der Waals surface area contributed by atoms with Crippen molar-refractivity contribution in [3.8, 4) is 0 Å². The lowest BCUT2D eigenvalue weighted by atomic mass is 9.76. The predicted molar refractivity (Wildman–Crippen MR) is 80.0 cm³/mol. The van der Waals surface area contributed by atoms with Crippen molar-refractivity contribution in [1.82, 2.24) is 0 Å². The lowest BCUT2D eigenvalue weighted by Gasteiger charge is -2.37. The predicted octanol–water partition coefficient (Wildman–Crippen LogP) is 4.81. The summed E-state index contributed by atoms with van der Waals surface area (Å²) in [6.45, 7) is 0. The van der Waals surface area contributed by atoms with Gasteiger partial charge >= 0.3 is 0 Å². The zero-order valence-electron chi connectivity index (χ0n) is 10.1. The van der Waals surface area contributed by atoms with Gasteiger partial charge in [-0.15, -0.1) is 0 Å². The summed E-state index contributed by atoms with van der Waals surface area (Å²) in [5.74, 6) is 0.735. The van der Waals surface area contributed by atoms with Gasteiger partial charge in [0.2, 0.25) is 0 Å². The summed E-state index contributed by atoms with van der Waals surface area (Å²) in [5, 5.41) is 3.58. The van der Waals surface area contributed by atoms with E-state index in [0.29, 0.717) is 6.04 Å². The highest BCUT2D eigenvalue weighted by atomic mass is 79.9. The molecule has 1 aliphatic carbocycles. The Bertz CT molecular complexity index is 500. The van der Waals surface area contributed by atoms with Crippen LogP contribution in [-0.2, 0) is 0 Å². The highest BCUT2D eigenvalue weighted by Gasteiger charge is 2.29. The van der Waals surface area contributed by atoms with Crippen LogP contribution in [-0.4, -0.2) is 6.04 Å². The first-order chi connectivity index (χ1) is 8.81. The van der Waals surface area contributed by atoms with Gasteiger partial charge < -0.3 is 5.32 Å². The second-order valence-corrected chi connectivity index (χ2v) is 5.84. The summed E-state index contributed by atoms with van der Waals surface area (Å²) in [4.78, 5) is 0. The van der Waals surface area contributed by atoms with Crippen LogP contribution in [0.3, 0.4) is 0 Å². The molecular weight excluding hydrogens is 286 g/mol. The van der Waals surface area contributed by atoms with E-state index < -0.39 is 0 Å². The highest BCUT2D eigenvalue weighted by Crippen LogP contribution is 2.38. The SMILES string of the molecule is Brc1ccc(NC2CC(c3ccccc3)C2)cc1. The van der Waals surface area contributed by atoms with Gasteiger partial charge in [-0.25, -0.2) is 0 Å². The Morgan fingerprint density at radius 3 is 2.22 bits per heavy atom. The molecule has 1 fully saturated rings. The van der Waals surface area contributed by atoms with E-state index in [9.17, 15) is 0 Å². The number of rotatable bonds is 3. The number of benzene rings is 2. The van der Waals surface area contributed by atoms with Crippen molar-refractivity contribution < 1.29 is 0 Å². The molecule has 18 heavy (non-hydrogen) atoms. The first-order valence-corrected chi connectivity index (χ1v) is 7.17. The largest absolute Gasteiger partial charge is 0.382 e. The molecule has 92 valence electrons. The van der Waals surface area contributed by atoms with Gasteiger partial charge in [0.05, 0.1) is 0 Å². The zero-order valence-corrected chi connectivity index (χ0v) is 11.7. The molecule has 0 aromatic heterocycles. The van der Waals surface area contributed by atoms with Crippen LogP contribution in [0.5, 0.6) is 0 Å². The molecule has 0 atom stereocenters. The molecule has 1 saturated carbocycles. The summed E-state index contributed by atoms with van der Waals surface area (Å²) in [6, 6.07) is 19.8. The van der Waals surface area contributed by atoms with Crippen LogP contribution in [0.1, 0.15) is 24.3 Å². The topological polar surface area (TPSA) is 12.0 Å². The molecule has 0 bridgehead atoms. The van der Waals surface area contributed by atoms with Crippen LogP contribution in [0, 0.1) is 0 Å². The van der Waals surface area contributed by atoms with Crippen molar-refractivity contribution in [3.05, 3.63) is 64.6 Å². The second-order valence-electron chi connectivity index (χ2n) is 4.93. The summed E-state index contributed by atoms with van der Waals surface area (Å²) in [6.07, 6.45) is 2.47. The van der Waals surface area contributed by atoms with Gasteiger partial charge in [0.25, 0.3) is 0 Å². The normalized spacial score (nSPS) is 22.3. The smallest absolute Gasteiger partial charge is 0.0343 e. The van der Waals surface area contributed by atoms with Crippen molar-refractivity contribution in [3.63, 3.8) is 0 Å². The lowest BCUT2D eigenvalue weighted by Crippen LogP contribution is -2.33. The maximum atomic E-state index is 3.58. The molecule has 0 saturated heterocycles. The van der Waals surface area contributed by atoms with E-state index >= 15 is 0 Å². The van der Waals surface area contributed by atoms with Gasteiger partial charge in [0, 0.05) is 16.2 Å². The van der Waals surface area contributed by atoms with Gasteiger partial charge in [-0.1, -0.05) is 46.3 Å². The maximum Gasteiger partial charge on any atom is 0.0343 e. The Balaban J connectivity index is 1.55. The fourth-order valence-electron chi connectivity index (χ4n) is 2.51. The van der Waals surface area contributed by atoms with Gasteiger partial charge in [-0.05, 0) is 48.6 Å². The Hall–Kier alpha value is -1.28. The third-order valence-electron chi connectivity index (χ3n) is 3.62. The average molecular weight is 302 g/mol. The highest BCUT2D eigenvalue weighted by molar-refractivity contribution is 9.10. The Morgan fingerprint density at radius 2 is 1.56 bits per heavy atom. The van der Waals surface area contributed by atoms with Crippen LogP contribution < -0.4 is 5.32 Å². The van der Waals surface area contributed by atoms with Crippen molar-refractivity contribution in [2.24, 2.45) is 0 Å². The minimum absolute atomic E-state index is 0.622. The quantitative estimate of drug-likeness (QED) is 0.858. The van der Waals surface area contributed by atoms with Gasteiger partial charge in [0.1, 0.15) is 0 Å². The van der Waals surface area contributed by atoms with Crippen molar-refractivity contribution in [2.45, 2.75) is 24.8 Å². The van der Waals surface area contributed by atoms with E-state index in [1.54, 1.807) is 0 Å². The number of anilines is 1. The van der Waals surface area contributed by atoms with Gasteiger partial charge in [0.15, 0.2) is 0 Å². The van der Waals surface area contributed by atoms with Crippen LogP contribution in [0.25, 0.3) is 0 Å². The first-order valence-electron chi connectivity index (χ1n) is 6.38. The molecule has 1 N–H and O–H groups in total. The minimum atomic E-state index is 0.622. The van der Waals surface area contributed by atoms with Crippen molar-refractivity contribution in [2.75, 3.05) is 5.32 Å². The van der Waals surface area contributed by atoms with Crippen molar-refractivity contribution in [1.29, 1.82) is 0 Å². The molecule has 0 aliphatic heterocycles. The molecule has 0 amide bonds. The number of halogens is 1. The fraction of sp³-hybridized carbons (Fsp3) is 0.250. The van der Waals surface area contributed by atoms with Crippen LogP contribution in [0.15, 0.2) is 59.1 Å². The maximum absolute atomic E-state index is 3.58. The molecule has 0 unspecified atom stereocenters. The number of nitrogens with one attached hydrogen (secondary N) is 1. The van der Waals surface area contributed by atoms with Gasteiger partial charge in [-0.2, -0.15) is 0 Å². The zero-order chi connectivity index (χ0) is 12.4. The molecule has 2 aromatic carbocycles. The third-order valence-corrected chi connectivity index (χ3v) is 4.15. The third kappa shape index (κ3) is 2.59. The molecule has 1 aliphatic rings. The molecule has 0 spiro atoms. The number of hydrogen-bond donors (Lipinski definition) is 1. The summed E-state index contributed by atoms with van der Waals surface area (Å²) >= 11 is 3.46. The van der Waals surface area contributed by atoms with E-state index in [2.05, 4.69) is 75.8 Å². The molecule has 0 radical (unpaired) electrons. The Labute approximate surface area is 116 Å². The monoisotopic (exact) mass is 301 g/mol. The Kier molecular flexibility index (Phi) is 3.37. The van der Waals surface area contributed by atoms with E-state index in [1.165, 1.54) is 24.1 Å². The van der Waals surface area contributed by atoms with Gasteiger partial charge in [-0.3, -0.25) is 0 Å². The molecule has 2 heteroatoms. The molecule has 3 rings (SSSR count). The van der Waals surface area contributed by atoms with E-state index in [-0.39, 0.29) is 0 Å². The summed E-state index contributed by atoms with van der Waals surface area (Å²) in [7, 11) is 0. The summed E-state index contributed by atoms with van der Waals surface area (Å²) < 4.78 is 1.13. The lowest BCUT2D eigenvalue weighted by molar-refractivity contribution is 0.374. The molecule has 2 aromatic rings. The van der Waals surface area contributed by atoms with Crippen molar-refractivity contribution >= 4 is 21.6 Å². The average Bonchev–Trinajstić information content (AvgIpc) is 2.36. The fourth-order valence-corrected chi connectivity index (χ4v) is 2.78. The number of hydrogen-bond acceptors (Lipinski definition) is 1. The second kappa shape index (κ2) is 5.15. The summed E-state index contributed by atoms with van der Waals surface area (Å²) in [5.41, 5.74) is 2.70.